The second-order valence-electron chi connectivity index (χ2n) is 5.19. The number of nitrogens with zero attached hydrogens (tertiary/aromatic N) is 3. The molecule has 0 radical (unpaired) electrons. The van der Waals surface area contributed by atoms with Crippen LogP contribution < -0.4 is 10.0 Å². The molecular weight excluding hydrogens is 366 g/mol. The highest BCUT2D eigenvalue weighted by Gasteiger charge is 2.24. The fraction of sp³-hybridized carbons (Fsp3) is 0.133. The molecule has 0 amide bonds. The minimum Gasteiger partial charge on any atom is -0.360 e. The summed E-state index contributed by atoms with van der Waals surface area (Å²) in [5.41, 5.74) is 1.06. The molecule has 0 aliphatic rings. The van der Waals surface area contributed by atoms with Crippen LogP contribution in [0.1, 0.15) is 11.5 Å². The van der Waals surface area contributed by atoms with Gasteiger partial charge in [-0.05, 0) is 50.2 Å². The molecule has 0 fully saturated rings. The molecule has 0 aliphatic heterocycles. The third kappa shape index (κ3) is 3.89. The Kier molecular flexibility index (Phi) is 4.60. The standard InChI is InChI=1S/C15H14ClN5O3S/c1-9-15(10(2)24-20-9)25(22,23)21-14-8-7-13(18-19-14)17-12-5-3-11(16)4-6-12/h3-8H,1-2H3,(H,17,18)(H,19,21). The summed E-state index contributed by atoms with van der Waals surface area (Å²) in [4.78, 5) is -0.00216. The van der Waals surface area contributed by atoms with E-state index >= 15 is 0 Å². The largest absolute Gasteiger partial charge is 0.360 e. The van der Waals surface area contributed by atoms with E-state index in [1.807, 2.05) is 0 Å². The van der Waals surface area contributed by atoms with Crippen molar-refractivity contribution in [3.8, 4) is 0 Å². The first-order chi connectivity index (χ1) is 11.8. The molecule has 2 heterocycles. The number of rotatable bonds is 5. The molecule has 0 atom stereocenters. The van der Waals surface area contributed by atoms with Gasteiger partial charge in [-0.1, -0.05) is 16.8 Å². The highest BCUT2D eigenvalue weighted by Crippen LogP contribution is 2.22. The van der Waals surface area contributed by atoms with E-state index in [4.69, 9.17) is 16.1 Å². The number of anilines is 3. The second kappa shape index (κ2) is 6.69. The maximum atomic E-state index is 12.4. The lowest BCUT2D eigenvalue weighted by molar-refractivity contribution is 0.390. The molecule has 25 heavy (non-hydrogen) atoms. The van der Waals surface area contributed by atoms with Crippen LogP contribution in [0, 0.1) is 13.8 Å². The van der Waals surface area contributed by atoms with E-state index < -0.39 is 10.0 Å². The Morgan fingerprint density at radius 2 is 1.64 bits per heavy atom. The van der Waals surface area contributed by atoms with E-state index in [9.17, 15) is 8.42 Å². The molecule has 2 aromatic heterocycles. The maximum absolute atomic E-state index is 12.4. The molecule has 10 heteroatoms. The Balaban J connectivity index is 1.75. The summed E-state index contributed by atoms with van der Waals surface area (Å²) in [6.07, 6.45) is 0. The van der Waals surface area contributed by atoms with Crippen molar-refractivity contribution in [1.82, 2.24) is 15.4 Å². The van der Waals surface area contributed by atoms with Crippen molar-refractivity contribution < 1.29 is 12.9 Å². The van der Waals surface area contributed by atoms with Crippen molar-refractivity contribution in [3.63, 3.8) is 0 Å². The smallest absolute Gasteiger partial charge is 0.268 e. The van der Waals surface area contributed by atoms with Crippen molar-refractivity contribution in [3.05, 3.63) is 52.9 Å². The van der Waals surface area contributed by atoms with Crippen molar-refractivity contribution in [2.75, 3.05) is 10.0 Å². The molecule has 0 aliphatic carbocycles. The van der Waals surface area contributed by atoms with Gasteiger partial charge < -0.3 is 9.84 Å². The van der Waals surface area contributed by atoms with Crippen LogP contribution in [0.25, 0.3) is 0 Å². The minimum absolute atomic E-state index is 0.00216. The van der Waals surface area contributed by atoms with E-state index in [-0.39, 0.29) is 22.2 Å². The van der Waals surface area contributed by atoms with E-state index in [0.717, 1.165) is 5.69 Å². The molecular formula is C15H14ClN5O3S. The predicted molar refractivity (Wildman–Crippen MR) is 93.6 cm³/mol. The van der Waals surface area contributed by atoms with Crippen molar-refractivity contribution >= 4 is 38.9 Å². The third-order valence-electron chi connectivity index (χ3n) is 3.26. The fourth-order valence-corrected chi connectivity index (χ4v) is 3.64. The Labute approximate surface area is 149 Å². The van der Waals surface area contributed by atoms with Crippen LogP contribution in [0.15, 0.2) is 45.8 Å². The van der Waals surface area contributed by atoms with Gasteiger partial charge in [0.2, 0.25) is 0 Å². The molecule has 8 nitrogen and oxygen atoms in total. The summed E-state index contributed by atoms with van der Waals surface area (Å²) in [6.45, 7) is 3.08. The number of hydrogen-bond acceptors (Lipinski definition) is 7. The van der Waals surface area contributed by atoms with E-state index in [0.29, 0.717) is 10.8 Å². The topological polar surface area (TPSA) is 110 Å². The normalized spacial score (nSPS) is 11.3. The lowest BCUT2D eigenvalue weighted by atomic mass is 10.3. The van der Waals surface area contributed by atoms with Crippen LogP contribution in [0.2, 0.25) is 5.02 Å². The zero-order chi connectivity index (χ0) is 18.0. The minimum atomic E-state index is -3.85. The summed E-state index contributed by atoms with van der Waals surface area (Å²) in [5, 5.41) is 15.1. The first-order valence-electron chi connectivity index (χ1n) is 7.17. The van der Waals surface area contributed by atoms with Gasteiger partial charge >= 0.3 is 0 Å². The van der Waals surface area contributed by atoms with Crippen molar-refractivity contribution in [1.29, 1.82) is 0 Å². The van der Waals surface area contributed by atoms with Crippen LogP contribution in [-0.2, 0) is 10.0 Å². The van der Waals surface area contributed by atoms with Gasteiger partial charge in [0.25, 0.3) is 10.0 Å². The fourth-order valence-electron chi connectivity index (χ4n) is 2.18. The lowest BCUT2D eigenvalue weighted by Crippen LogP contribution is -2.15. The molecule has 3 rings (SSSR count). The molecule has 2 N–H and O–H groups in total. The highest BCUT2D eigenvalue weighted by molar-refractivity contribution is 7.92. The number of sulfonamides is 1. The molecule has 0 saturated heterocycles. The first-order valence-corrected chi connectivity index (χ1v) is 9.03. The molecule has 130 valence electrons. The molecule has 3 aromatic rings. The Morgan fingerprint density at radius 1 is 1.00 bits per heavy atom. The zero-order valence-electron chi connectivity index (χ0n) is 13.3. The van der Waals surface area contributed by atoms with Gasteiger partial charge in [0.1, 0.15) is 5.69 Å². The Morgan fingerprint density at radius 3 is 2.20 bits per heavy atom. The van der Waals surface area contributed by atoms with Crippen LogP contribution in [-0.4, -0.2) is 23.8 Å². The molecule has 0 spiro atoms. The first kappa shape index (κ1) is 17.2. The lowest BCUT2D eigenvalue weighted by Gasteiger charge is -2.08. The summed E-state index contributed by atoms with van der Waals surface area (Å²) < 4.78 is 32.1. The van der Waals surface area contributed by atoms with Gasteiger partial charge in [0, 0.05) is 10.7 Å². The number of hydrogen-bond donors (Lipinski definition) is 2. The van der Waals surface area contributed by atoms with Gasteiger partial charge in [-0.2, -0.15) is 0 Å². The van der Waals surface area contributed by atoms with Gasteiger partial charge in [0.05, 0.1) is 0 Å². The molecule has 1 aromatic carbocycles. The number of aromatic nitrogens is 3. The van der Waals surface area contributed by atoms with Crippen molar-refractivity contribution in [2.24, 2.45) is 0 Å². The third-order valence-corrected chi connectivity index (χ3v) is 5.11. The predicted octanol–water partition coefficient (Wildman–Crippen LogP) is 3.28. The van der Waals surface area contributed by atoms with Crippen LogP contribution in [0.4, 0.5) is 17.3 Å². The average molecular weight is 380 g/mol. The monoisotopic (exact) mass is 379 g/mol. The van der Waals surface area contributed by atoms with E-state index in [1.165, 1.54) is 13.0 Å². The number of halogens is 1. The van der Waals surface area contributed by atoms with Crippen LogP contribution in [0.5, 0.6) is 0 Å². The van der Waals surface area contributed by atoms with Gasteiger partial charge in [-0.3, -0.25) is 4.72 Å². The average Bonchev–Trinajstić information content (AvgIpc) is 2.91. The van der Waals surface area contributed by atoms with Gasteiger partial charge in [-0.15, -0.1) is 10.2 Å². The number of benzene rings is 1. The van der Waals surface area contributed by atoms with E-state index in [2.05, 4.69) is 25.4 Å². The Hall–Kier alpha value is -2.65. The Bertz CT molecular complexity index is 966. The SMILES string of the molecule is Cc1noc(C)c1S(=O)(=O)Nc1ccc(Nc2ccc(Cl)cc2)nn1. The summed E-state index contributed by atoms with van der Waals surface area (Å²) in [5.74, 6) is 0.753. The molecule has 0 unspecified atom stereocenters. The van der Waals surface area contributed by atoms with Crippen LogP contribution in [0.3, 0.4) is 0 Å². The van der Waals surface area contributed by atoms with E-state index in [1.54, 1.807) is 37.3 Å². The highest BCUT2D eigenvalue weighted by atomic mass is 35.5. The summed E-state index contributed by atoms with van der Waals surface area (Å²) in [6, 6.07) is 10.2. The quantitative estimate of drug-likeness (QED) is 0.699. The summed E-state index contributed by atoms with van der Waals surface area (Å²) >= 11 is 5.83. The summed E-state index contributed by atoms with van der Waals surface area (Å²) in [7, 11) is -3.85. The van der Waals surface area contributed by atoms with Gasteiger partial charge in [0.15, 0.2) is 22.3 Å². The second-order valence-corrected chi connectivity index (χ2v) is 7.25. The van der Waals surface area contributed by atoms with Crippen LogP contribution >= 0.6 is 11.6 Å². The number of nitrogens with one attached hydrogen (secondary N) is 2. The molecule has 0 bridgehead atoms. The van der Waals surface area contributed by atoms with Gasteiger partial charge in [-0.25, -0.2) is 8.42 Å². The number of aryl methyl sites for hydroxylation is 2. The molecule has 0 saturated carbocycles. The zero-order valence-corrected chi connectivity index (χ0v) is 14.9. The van der Waals surface area contributed by atoms with Crippen molar-refractivity contribution in [2.45, 2.75) is 18.7 Å². The maximum Gasteiger partial charge on any atom is 0.268 e.